The van der Waals surface area contributed by atoms with Crippen LogP contribution in [0.4, 0.5) is 0 Å². The summed E-state index contributed by atoms with van der Waals surface area (Å²) in [6.45, 7) is 3.70. The van der Waals surface area contributed by atoms with Gasteiger partial charge < -0.3 is 14.9 Å². The first-order valence-electron chi connectivity index (χ1n) is 8.42. The van der Waals surface area contributed by atoms with Crippen LogP contribution in [0.15, 0.2) is 47.8 Å². The molecule has 5 heteroatoms. The molecule has 128 valence electrons. The van der Waals surface area contributed by atoms with Crippen molar-refractivity contribution in [3.63, 3.8) is 0 Å². The fraction of sp³-hybridized carbons (Fsp3) is 0.421. The molecular weight excluding hydrogens is 320 g/mol. The van der Waals surface area contributed by atoms with Crippen LogP contribution in [-0.2, 0) is 10.4 Å². The van der Waals surface area contributed by atoms with Gasteiger partial charge in [0.25, 0.3) is 5.91 Å². The fourth-order valence-electron chi connectivity index (χ4n) is 3.21. The van der Waals surface area contributed by atoms with E-state index in [0.717, 1.165) is 19.6 Å². The smallest absolute Gasteiger partial charge is 0.264 e. The van der Waals surface area contributed by atoms with E-state index in [9.17, 15) is 9.90 Å². The molecule has 1 aliphatic heterocycles. The Morgan fingerprint density at radius 1 is 1.21 bits per heavy atom. The van der Waals surface area contributed by atoms with Crippen LogP contribution in [0, 0.1) is 0 Å². The largest absolute Gasteiger partial charge is 0.371 e. The minimum Gasteiger partial charge on any atom is -0.371 e. The Balaban J connectivity index is 1.81. The minimum absolute atomic E-state index is 0.268. The average Bonchev–Trinajstić information content (AvgIpc) is 3.32. The van der Waals surface area contributed by atoms with Gasteiger partial charge in [-0.15, -0.1) is 11.3 Å². The molecule has 1 saturated heterocycles. The van der Waals surface area contributed by atoms with Gasteiger partial charge in [0.2, 0.25) is 5.60 Å². The van der Waals surface area contributed by atoms with E-state index in [1.807, 2.05) is 47.8 Å². The predicted molar refractivity (Wildman–Crippen MR) is 97.1 cm³/mol. The lowest BCUT2D eigenvalue weighted by molar-refractivity contribution is -0.146. The van der Waals surface area contributed by atoms with Crippen LogP contribution >= 0.6 is 11.3 Å². The number of rotatable bonds is 6. The quantitative estimate of drug-likeness (QED) is 0.876. The third kappa shape index (κ3) is 3.38. The number of carbonyl (C=O) groups is 1. The lowest BCUT2D eigenvalue weighted by atomic mass is 9.90. The van der Waals surface area contributed by atoms with Crippen molar-refractivity contribution in [2.45, 2.75) is 18.4 Å². The second kappa shape index (κ2) is 7.47. The zero-order valence-electron chi connectivity index (χ0n) is 14.0. The Morgan fingerprint density at radius 2 is 1.92 bits per heavy atom. The van der Waals surface area contributed by atoms with Crippen LogP contribution in [0.25, 0.3) is 0 Å². The first-order chi connectivity index (χ1) is 11.6. The number of likely N-dealkylation sites (N-methyl/N-ethyl adjacent to an activating group) is 1. The van der Waals surface area contributed by atoms with E-state index in [1.54, 1.807) is 11.9 Å². The third-order valence-corrected chi connectivity index (χ3v) is 5.65. The summed E-state index contributed by atoms with van der Waals surface area (Å²) < 4.78 is 0. The molecule has 1 fully saturated rings. The lowest BCUT2D eigenvalue weighted by Crippen LogP contribution is -2.47. The summed E-state index contributed by atoms with van der Waals surface area (Å²) in [4.78, 5) is 17.8. The van der Waals surface area contributed by atoms with Crippen molar-refractivity contribution in [3.8, 4) is 0 Å². The van der Waals surface area contributed by atoms with Crippen molar-refractivity contribution < 1.29 is 9.90 Å². The molecule has 0 radical (unpaired) electrons. The summed E-state index contributed by atoms with van der Waals surface area (Å²) in [5.74, 6) is -0.268. The molecule has 1 aromatic carbocycles. The molecule has 0 bridgehead atoms. The molecule has 1 amide bonds. The van der Waals surface area contributed by atoms with E-state index < -0.39 is 5.60 Å². The van der Waals surface area contributed by atoms with Crippen molar-refractivity contribution in [2.75, 3.05) is 33.2 Å². The second-order valence-electron chi connectivity index (χ2n) is 6.33. The van der Waals surface area contributed by atoms with Crippen LogP contribution in [0.2, 0.25) is 0 Å². The highest BCUT2D eigenvalue weighted by Crippen LogP contribution is 2.34. The van der Waals surface area contributed by atoms with Gasteiger partial charge in [-0.3, -0.25) is 4.79 Å². The van der Waals surface area contributed by atoms with E-state index in [-0.39, 0.29) is 5.91 Å². The van der Waals surface area contributed by atoms with Crippen molar-refractivity contribution in [2.24, 2.45) is 0 Å². The van der Waals surface area contributed by atoms with Gasteiger partial charge in [-0.05, 0) is 42.9 Å². The van der Waals surface area contributed by atoms with Crippen molar-refractivity contribution in [1.29, 1.82) is 0 Å². The van der Waals surface area contributed by atoms with Gasteiger partial charge in [0, 0.05) is 20.1 Å². The third-order valence-electron chi connectivity index (χ3n) is 4.68. The number of amides is 1. The number of carbonyl (C=O) groups excluding carboxylic acids is 1. The van der Waals surface area contributed by atoms with E-state index in [2.05, 4.69) is 4.90 Å². The number of hydrogen-bond donors (Lipinski definition) is 1. The number of aliphatic hydroxyl groups is 1. The molecule has 2 heterocycles. The lowest BCUT2D eigenvalue weighted by Gasteiger charge is -2.32. The second-order valence-corrected chi connectivity index (χ2v) is 7.28. The van der Waals surface area contributed by atoms with Crippen LogP contribution in [0.3, 0.4) is 0 Å². The monoisotopic (exact) mass is 344 g/mol. The maximum atomic E-state index is 13.1. The number of benzene rings is 1. The van der Waals surface area contributed by atoms with Crippen LogP contribution in [0.1, 0.15) is 23.3 Å². The molecule has 1 atom stereocenters. The molecule has 0 spiro atoms. The zero-order chi connectivity index (χ0) is 17.0. The molecule has 0 saturated carbocycles. The van der Waals surface area contributed by atoms with Gasteiger partial charge in [-0.25, -0.2) is 0 Å². The van der Waals surface area contributed by atoms with Crippen molar-refractivity contribution >= 4 is 17.2 Å². The minimum atomic E-state index is -1.62. The van der Waals surface area contributed by atoms with Crippen molar-refractivity contribution in [1.82, 2.24) is 9.80 Å². The summed E-state index contributed by atoms with van der Waals surface area (Å²) >= 11 is 1.41. The van der Waals surface area contributed by atoms with E-state index in [0.29, 0.717) is 17.0 Å². The summed E-state index contributed by atoms with van der Waals surface area (Å²) in [7, 11) is 1.78. The number of hydrogen-bond acceptors (Lipinski definition) is 4. The number of likely N-dealkylation sites (tertiary alicyclic amines) is 1. The molecule has 2 aromatic rings. The average molecular weight is 344 g/mol. The fourth-order valence-corrected chi connectivity index (χ4v) is 4.05. The molecule has 1 unspecified atom stereocenters. The SMILES string of the molecule is CN(CCN1CCCC1)C(=O)C(O)(c1ccccc1)c1cccs1. The Labute approximate surface area is 147 Å². The Morgan fingerprint density at radius 3 is 2.54 bits per heavy atom. The predicted octanol–water partition coefficient (Wildman–Crippen LogP) is 2.54. The molecule has 0 aliphatic carbocycles. The van der Waals surface area contributed by atoms with Crippen LogP contribution in [0.5, 0.6) is 0 Å². The first-order valence-corrected chi connectivity index (χ1v) is 9.30. The molecule has 1 aromatic heterocycles. The molecule has 1 aliphatic rings. The van der Waals surface area contributed by atoms with E-state index in [4.69, 9.17) is 0 Å². The van der Waals surface area contributed by atoms with Gasteiger partial charge in [0.1, 0.15) is 0 Å². The molecule has 24 heavy (non-hydrogen) atoms. The Bertz CT molecular complexity index is 653. The van der Waals surface area contributed by atoms with Crippen LogP contribution < -0.4 is 0 Å². The molecular formula is C19H24N2O2S. The van der Waals surface area contributed by atoms with Gasteiger partial charge in [-0.1, -0.05) is 36.4 Å². The maximum absolute atomic E-state index is 13.1. The summed E-state index contributed by atoms with van der Waals surface area (Å²) in [6.07, 6.45) is 2.47. The van der Waals surface area contributed by atoms with Crippen molar-refractivity contribution in [3.05, 3.63) is 58.3 Å². The normalized spacial score (nSPS) is 17.6. The highest BCUT2D eigenvalue weighted by atomic mass is 32.1. The van der Waals surface area contributed by atoms with Gasteiger partial charge >= 0.3 is 0 Å². The standard InChI is InChI=1S/C19H24N2O2S/c1-20(13-14-21-11-5-6-12-21)18(22)19(23,17-10-7-15-24-17)16-8-3-2-4-9-16/h2-4,7-10,15,23H,5-6,11-14H2,1H3. The summed E-state index contributed by atoms with van der Waals surface area (Å²) in [5, 5.41) is 13.3. The van der Waals surface area contributed by atoms with E-state index >= 15 is 0 Å². The van der Waals surface area contributed by atoms with Gasteiger partial charge in [0.15, 0.2) is 0 Å². The van der Waals surface area contributed by atoms with Gasteiger partial charge in [0.05, 0.1) is 4.88 Å². The Hall–Kier alpha value is -1.69. The maximum Gasteiger partial charge on any atom is 0.264 e. The molecule has 3 rings (SSSR count). The van der Waals surface area contributed by atoms with Crippen LogP contribution in [-0.4, -0.2) is 54.0 Å². The van der Waals surface area contributed by atoms with Gasteiger partial charge in [-0.2, -0.15) is 0 Å². The number of nitrogens with zero attached hydrogens (tertiary/aromatic N) is 2. The first kappa shape index (κ1) is 17.1. The highest BCUT2D eigenvalue weighted by Gasteiger charge is 2.42. The number of thiophene rings is 1. The van der Waals surface area contributed by atoms with E-state index in [1.165, 1.54) is 24.2 Å². The summed E-state index contributed by atoms with van der Waals surface area (Å²) in [5.41, 5.74) is -1.000. The molecule has 1 N–H and O–H groups in total. The molecule has 4 nitrogen and oxygen atoms in total. The zero-order valence-corrected chi connectivity index (χ0v) is 14.8. The Kier molecular flexibility index (Phi) is 5.33. The summed E-state index contributed by atoms with van der Waals surface area (Å²) in [6, 6.07) is 12.9. The highest BCUT2D eigenvalue weighted by molar-refractivity contribution is 7.10. The topological polar surface area (TPSA) is 43.8 Å².